The maximum absolute atomic E-state index is 12.9. The molecule has 1 aliphatic heterocycles. The summed E-state index contributed by atoms with van der Waals surface area (Å²) in [5, 5.41) is 3.83. The molecular weight excluding hydrogens is 358 g/mol. The van der Waals surface area contributed by atoms with Gasteiger partial charge in [-0.2, -0.15) is 0 Å². The Hall–Kier alpha value is -1.10. The van der Waals surface area contributed by atoms with Gasteiger partial charge in [0.05, 0.1) is 10.00 Å². The Labute approximate surface area is 155 Å². The number of carbonyl (C=O) groups excluding carboxylic acids is 1. The molecule has 1 aliphatic carbocycles. The molecule has 1 saturated carbocycles. The van der Waals surface area contributed by atoms with Crippen molar-refractivity contribution in [2.45, 2.75) is 22.8 Å². The maximum Gasteiger partial charge on any atom is 0.235 e. The third-order valence-electron chi connectivity index (χ3n) is 4.62. The molecule has 1 amide bonds. The molecule has 1 saturated heterocycles. The number of nitrogens with one attached hydrogen (secondary N) is 1. The number of benzene rings is 2. The molecule has 0 bridgehead atoms. The Morgan fingerprint density at radius 1 is 1.08 bits per heavy atom. The second kappa shape index (κ2) is 6.66. The molecule has 2 aromatic rings. The van der Waals surface area contributed by atoms with Gasteiger partial charge in [-0.05, 0) is 48.2 Å². The van der Waals surface area contributed by atoms with E-state index in [1.165, 1.54) is 17.1 Å². The third-order valence-corrected chi connectivity index (χ3v) is 7.98. The second-order valence-corrected chi connectivity index (χ2v) is 9.40. The van der Waals surface area contributed by atoms with E-state index in [1.807, 2.05) is 59.9 Å². The molecule has 2 nitrogen and oxygen atoms in total. The van der Waals surface area contributed by atoms with E-state index in [4.69, 9.17) is 11.6 Å². The Morgan fingerprint density at radius 2 is 1.79 bits per heavy atom. The zero-order valence-corrected chi connectivity index (χ0v) is 15.5. The van der Waals surface area contributed by atoms with Crippen LogP contribution in [0.3, 0.4) is 0 Å². The first-order valence-corrected chi connectivity index (χ1v) is 10.6. The third kappa shape index (κ3) is 3.19. The van der Waals surface area contributed by atoms with Crippen molar-refractivity contribution in [1.82, 2.24) is 0 Å². The van der Waals surface area contributed by atoms with E-state index in [2.05, 4.69) is 17.4 Å². The molecule has 5 heteroatoms. The van der Waals surface area contributed by atoms with Crippen LogP contribution in [0.4, 0.5) is 5.69 Å². The molecule has 0 unspecified atom stereocenters. The summed E-state index contributed by atoms with van der Waals surface area (Å²) in [5.74, 6) is 2.49. The van der Waals surface area contributed by atoms with Crippen LogP contribution in [0.1, 0.15) is 28.6 Å². The van der Waals surface area contributed by atoms with E-state index in [0.29, 0.717) is 9.60 Å². The molecule has 1 N–H and O–H groups in total. The summed E-state index contributed by atoms with van der Waals surface area (Å²) in [6, 6.07) is 15.9. The quantitative estimate of drug-likeness (QED) is 0.766. The van der Waals surface area contributed by atoms with Crippen molar-refractivity contribution in [3.05, 3.63) is 64.7 Å². The molecule has 0 atom stereocenters. The number of hydrogen-bond donors (Lipinski definition) is 1. The van der Waals surface area contributed by atoms with E-state index in [0.717, 1.165) is 24.1 Å². The van der Waals surface area contributed by atoms with E-state index in [1.54, 1.807) is 0 Å². The van der Waals surface area contributed by atoms with Gasteiger partial charge in [0.1, 0.15) is 0 Å². The molecule has 4 rings (SSSR count). The van der Waals surface area contributed by atoms with Crippen molar-refractivity contribution < 1.29 is 4.79 Å². The summed E-state index contributed by atoms with van der Waals surface area (Å²) in [4.78, 5) is 12.9. The maximum atomic E-state index is 12.9. The number of halogens is 1. The molecule has 124 valence electrons. The topological polar surface area (TPSA) is 29.1 Å². The zero-order chi connectivity index (χ0) is 16.6. The van der Waals surface area contributed by atoms with Gasteiger partial charge in [-0.1, -0.05) is 35.9 Å². The van der Waals surface area contributed by atoms with Crippen molar-refractivity contribution in [3.63, 3.8) is 0 Å². The molecule has 2 aromatic carbocycles. The Kier molecular flexibility index (Phi) is 4.54. The smallest absolute Gasteiger partial charge is 0.235 e. The first-order chi connectivity index (χ1) is 11.7. The summed E-state index contributed by atoms with van der Waals surface area (Å²) >= 11 is 9.92. The van der Waals surface area contributed by atoms with Crippen molar-refractivity contribution in [2.75, 3.05) is 16.8 Å². The highest BCUT2D eigenvalue weighted by atomic mass is 35.5. The van der Waals surface area contributed by atoms with E-state index in [-0.39, 0.29) is 11.3 Å². The minimum Gasteiger partial charge on any atom is -0.325 e. The number of rotatable bonds is 4. The van der Waals surface area contributed by atoms with Crippen LogP contribution < -0.4 is 5.32 Å². The molecule has 1 heterocycles. The van der Waals surface area contributed by atoms with Gasteiger partial charge in [-0.25, -0.2) is 0 Å². The summed E-state index contributed by atoms with van der Waals surface area (Å²) in [5.41, 5.74) is 2.86. The number of carbonyl (C=O) groups is 1. The predicted octanol–water partition coefficient (Wildman–Crippen LogP) is 5.49. The molecule has 24 heavy (non-hydrogen) atoms. The Balaban J connectivity index is 1.52. The van der Waals surface area contributed by atoms with E-state index < -0.39 is 0 Å². The van der Waals surface area contributed by atoms with Crippen LogP contribution in [0.15, 0.2) is 48.5 Å². The molecule has 0 spiro atoms. The molecule has 0 radical (unpaired) electrons. The van der Waals surface area contributed by atoms with Crippen LogP contribution in [-0.2, 0) is 10.2 Å². The summed E-state index contributed by atoms with van der Waals surface area (Å²) < 4.78 is 0.494. The van der Waals surface area contributed by atoms with Crippen molar-refractivity contribution in [2.24, 2.45) is 0 Å². The average molecular weight is 376 g/mol. The zero-order valence-electron chi connectivity index (χ0n) is 13.1. The standard InChI is InChI=1S/C19H18ClNOS2/c20-15-6-4-14(5-7-15)19(8-9-19)18(22)21-16-3-1-2-13(12-16)17-23-10-11-24-17/h1-7,12,17H,8-11H2,(H,21,22). The fourth-order valence-electron chi connectivity index (χ4n) is 3.11. The van der Waals surface area contributed by atoms with Crippen LogP contribution in [0, 0.1) is 0 Å². The number of amides is 1. The molecule has 2 fully saturated rings. The van der Waals surface area contributed by atoms with Gasteiger partial charge in [-0.15, -0.1) is 23.5 Å². The van der Waals surface area contributed by atoms with Crippen LogP contribution in [-0.4, -0.2) is 17.4 Å². The lowest BCUT2D eigenvalue weighted by Crippen LogP contribution is -2.27. The minimum absolute atomic E-state index is 0.0914. The van der Waals surface area contributed by atoms with E-state index in [9.17, 15) is 4.79 Å². The van der Waals surface area contributed by atoms with Crippen molar-refractivity contribution in [3.8, 4) is 0 Å². The van der Waals surface area contributed by atoms with Gasteiger partial charge in [-0.3, -0.25) is 4.79 Å². The lowest BCUT2D eigenvalue weighted by atomic mass is 9.95. The lowest BCUT2D eigenvalue weighted by molar-refractivity contribution is -0.118. The second-order valence-electron chi connectivity index (χ2n) is 6.24. The predicted molar refractivity (Wildman–Crippen MR) is 105 cm³/mol. The summed E-state index contributed by atoms with van der Waals surface area (Å²) in [6.45, 7) is 0. The monoisotopic (exact) mass is 375 g/mol. The number of hydrogen-bond acceptors (Lipinski definition) is 3. The Morgan fingerprint density at radius 3 is 2.46 bits per heavy atom. The minimum atomic E-state index is -0.378. The molecule has 0 aromatic heterocycles. The highest BCUT2D eigenvalue weighted by Gasteiger charge is 2.51. The highest BCUT2D eigenvalue weighted by Crippen LogP contribution is 2.49. The van der Waals surface area contributed by atoms with Crippen molar-refractivity contribution in [1.29, 1.82) is 0 Å². The van der Waals surface area contributed by atoms with Crippen LogP contribution in [0.2, 0.25) is 5.02 Å². The first kappa shape index (κ1) is 16.4. The van der Waals surface area contributed by atoms with Crippen LogP contribution in [0.5, 0.6) is 0 Å². The highest BCUT2D eigenvalue weighted by molar-refractivity contribution is 8.19. The van der Waals surface area contributed by atoms with Gasteiger partial charge in [0, 0.05) is 22.2 Å². The summed E-state index contributed by atoms with van der Waals surface area (Å²) in [6.07, 6.45) is 1.79. The van der Waals surface area contributed by atoms with Gasteiger partial charge in [0.15, 0.2) is 0 Å². The Bertz CT molecular complexity index is 752. The molecule has 2 aliphatic rings. The van der Waals surface area contributed by atoms with E-state index >= 15 is 0 Å². The van der Waals surface area contributed by atoms with Gasteiger partial charge >= 0.3 is 0 Å². The lowest BCUT2D eigenvalue weighted by Gasteiger charge is -2.17. The summed E-state index contributed by atoms with van der Waals surface area (Å²) in [7, 11) is 0. The molecular formula is C19H18ClNOS2. The largest absolute Gasteiger partial charge is 0.325 e. The average Bonchev–Trinajstić information content (AvgIpc) is 3.22. The van der Waals surface area contributed by atoms with Crippen LogP contribution in [0.25, 0.3) is 0 Å². The fourth-order valence-corrected chi connectivity index (χ4v) is 6.07. The van der Waals surface area contributed by atoms with Crippen LogP contribution >= 0.6 is 35.1 Å². The number of anilines is 1. The van der Waals surface area contributed by atoms with Gasteiger partial charge in [0.2, 0.25) is 5.91 Å². The van der Waals surface area contributed by atoms with Gasteiger partial charge < -0.3 is 5.32 Å². The number of thioether (sulfide) groups is 2. The fraction of sp³-hybridized carbons (Fsp3) is 0.316. The first-order valence-electron chi connectivity index (χ1n) is 8.08. The normalized spacial score (nSPS) is 19.2. The van der Waals surface area contributed by atoms with Crippen molar-refractivity contribution >= 4 is 46.7 Å². The SMILES string of the molecule is O=C(Nc1cccc(C2SCCS2)c1)C1(c2ccc(Cl)cc2)CC1. The van der Waals surface area contributed by atoms with Gasteiger partial charge in [0.25, 0.3) is 0 Å².